The lowest BCUT2D eigenvalue weighted by atomic mass is 9.95. The van der Waals surface area contributed by atoms with Gasteiger partial charge in [-0.3, -0.25) is 14.7 Å². The van der Waals surface area contributed by atoms with Crippen molar-refractivity contribution in [2.75, 3.05) is 26.3 Å². The number of hydrogen-bond acceptors (Lipinski definition) is 6. The summed E-state index contributed by atoms with van der Waals surface area (Å²) >= 11 is 0. The predicted octanol–water partition coefficient (Wildman–Crippen LogP) is 3.81. The summed E-state index contributed by atoms with van der Waals surface area (Å²) in [4.78, 5) is 22.8. The van der Waals surface area contributed by atoms with E-state index >= 15 is 0 Å². The molecule has 7 nitrogen and oxygen atoms in total. The highest BCUT2D eigenvalue weighted by molar-refractivity contribution is 5.81. The van der Waals surface area contributed by atoms with E-state index < -0.39 is 0 Å². The van der Waals surface area contributed by atoms with Crippen LogP contribution in [0.15, 0.2) is 36.7 Å². The van der Waals surface area contributed by atoms with E-state index in [1.807, 2.05) is 36.7 Å². The normalized spacial score (nSPS) is 17.7. The maximum atomic E-state index is 11.2. The fourth-order valence-electron chi connectivity index (χ4n) is 4.53. The Morgan fingerprint density at radius 3 is 2.70 bits per heavy atom. The highest BCUT2D eigenvalue weighted by atomic mass is 16.5. The van der Waals surface area contributed by atoms with Gasteiger partial charge < -0.3 is 13.9 Å². The van der Waals surface area contributed by atoms with E-state index in [2.05, 4.69) is 46.1 Å². The van der Waals surface area contributed by atoms with Gasteiger partial charge in [-0.2, -0.15) is 0 Å². The van der Waals surface area contributed by atoms with Gasteiger partial charge in [0.2, 0.25) is 0 Å². The Morgan fingerprint density at radius 2 is 2.03 bits per heavy atom. The van der Waals surface area contributed by atoms with Crippen LogP contribution in [0.4, 0.5) is 0 Å². The van der Waals surface area contributed by atoms with Gasteiger partial charge in [0.15, 0.2) is 11.4 Å². The molecule has 0 unspecified atom stereocenters. The van der Waals surface area contributed by atoms with E-state index in [0.717, 1.165) is 60.9 Å². The van der Waals surface area contributed by atoms with Crippen molar-refractivity contribution < 1.29 is 14.3 Å². The summed E-state index contributed by atoms with van der Waals surface area (Å²) in [6.07, 6.45) is 9.02. The molecule has 2 aromatic heterocycles. The summed E-state index contributed by atoms with van der Waals surface area (Å²) in [5.74, 6) is 0.414. The Hall–Kier alpha value is -3.29. The second-order valence-electron chi connectivity index (χ2n) is 8.78. The number of carbonyl (C=O) groups excluding carboxylic acids is 1. The Labute approximate surface area is 193 Å². The van der Waals surface area contributed by atoms with Crippen LogP contribution in [0.1, 0.15) is 40.2 Å². The second-order valence-corrected chi connectivity index (χ2v) is 8.78. The monoisotopic (exact) mass is 444 g/mol. The molecule has 5 rings (SSSR count). The molecule has 7 heteroatoms. The molecule has 2 aliphatic heterocycles. The number of hydrogen-bond donors (Lipinski definition) is 0. The molecule has 0 bridgehead atoms. The number of aromatic nitrogens is 3. The molecule has 4 heterocycles. The van der Waals surface area contributed by atoms with Crippen LogP contribution in [-0.2, 0) is 14.3 Å². The number of nitrogens with zero attached hydrogens (tertiary/aromatic N) is 4. The average Bonchev–Trinajstić information content (AvgIpc) is 3.18. The van der Waals surface area contributed by atoms with Crippen LogP contribution in [0.3, 0.4) is 0 Å². The molecule has 0 spiro atoms. The Kier molecular flexibility index (Phi) is 5.83. The highest BCUT2D eigenvalue weighted by Gasteiger charge is 2.27. The standard InChI is InChI=1S/C26H28N4O3/c1-17-10-22(20-6-8-29(9-7-20)23-14-32-15-23)5-4-21(17)11-25(33-16-31)24-13-30-12-18(2)27-19(3)26(30)28-24/h4-6,10-13,16,23H,7-9,14-15H2,1-3H3/b25-11-. The molecular formula is C26H28N4O3. The third kappa shape index (κ3) is 4.34. The van der Waals surface area contributed by atoms with Gasteiger partial charge >= 0.3 is 0 Å². The number of benzene rings is 1. The first-order valence-corrected chi connectivity index (χ1v) is 11.3. The van der Waals surface area contributed by atoms with Crippen LogP contribution in [0.5, 0.6) is 0 Å². The molecule has 1 fully saturated rings. The van der Waals surface area contributed by atoms with E-state index in [1.54, 1.807) is 0 Å². The van der Waals surface area contributed by atoms with Gasteiger partial charge in [0.25, 0.3) is 6.47 Å². The van der Waals surface area contributed by atoms with E-state index in [1.165, 1.54) is 11.1 Å². The van der Waals surface area contributed by atoms with Gasteiger partial charge in [-0.05, 0) is 55.5 Å². The van der Waals surface area contributed by atoms with Crippen molar-refractivity contribution in [2.24, 2.45) is 0 Å². The minimum absolute atomic E-state index is 0.414. The molecule has 0 amide bonds. The maximum Gasteiger partial charge on any atom is 0.298 e. The lowest BCUT2D eigenvalue weighted by Crippen LogP contribution is -2.50. The summed E-state index contributed by atoms with van der Waals surface area (Å²) in [7, 11) is 0. The number of imidazole rings is 1. The minimum Gasteiger partial charge on any atom is -0.426 e. The SMILES string of the molecule is Cc1cn2cc(/C(=C/c3ccc(C4=CCN(C5COC5)CC4)cc3C)OC=O)nc2c(C)n1. The van der Waals surface area contributed by atoms with Crippen LogP contribution in [0.2, 0.25) is 0 Å². The molecule has 1 saturated heterocycles. The first-order valence-electron chi connectivity index (χ1n) is 11.3. The molecule has 1 aromatic carbocycles. The van der Waals surface area contributed by atoms with Gasteiger partial charge in [-0.1, -0.05) is 24.3 Å². The van der Waals surface area contributed by atoms with Crippen molar-refractivity contribution in [3.63, 3.8) is 0 Å². The third-order valence-electron chi connectivity index (χ3n) is 6.46. The number of ether oxygens (including phenoxy) is 2. The largest absolute Gasteiger partial charge is 0.426 e. The molecular weight excluding hydrogens is 416 g/mol. The zero-order chi connectivity index (χ0) is 22.9. The highest BCUT2D eigenvalue weighted by Crippen LogP contribution is 2.28. The first kappa shape index (κ1) is 21.6. The predicted molar refractivity (Wildman–Crippen MR) is 127 cm³/mol. The van der Waals surface area contributed by atoms with Gasteiger partial charge in [0.05, 0.1) is 30.6 Å². The number of rotatable bonds is 6. The van der Waals surface area contributed by atoms with Gasteiger partial charge in [0, 0.05) is 25.5 Å². The maximum absolute atomic E-state index is 11.2. The quantitative estimate of drug-likeness (QED) is 0.425. The molecule has 3 aromatic rings. The van der Waals surface area contributed by atoms with E-state index in [0.29, 0.717) is 24.0 Å². The summed E-state index contributed by atoms with van der Waals surface area (Å²) in [6, 6.07) is 7.01. The summed E-state index contributed by atoms with van der Waals surface area (Å²) < 4.78 is 12.6. The Balaban J connectivity index is 1.42. The van der Waals surface area contributed by atoms with Gasteiger partial charge in [-0.15, -0.1) is 0 Å². The lowest BCUT2D eigenvalue weighted by Gasteiger charge is -2.38. The first-order chi connectivity index (χ1) is 16.0. The van der Waals surface area contributed by atoms with E-state index in [4.69, 9.17) is 9.47 Å². The molecule has 170 valence electrons. The van der Waals surface area contributed by atoms with Crippen LogP contribution >= 0.6 is 0 Å². The van der Waals surface area contributed by atoms with Crippen molar-refractivity contribution >= 4 is 29.5 Å². The fourth-order valence-corrected chi connectivity index (χ4v) is 4.53. The minimum atomic E-state index is 0.414. The zero-order valence-electron chi connectivity index (χ0n) is 19.2. The summed E-state index contributed by atoms with van der Waals surface area (Å²) in [6.45, 7) is 10.1. The molecule has 0 radical (unpaired) electrons. The molecule has 0 saturated carbocycles. The van der Waals surface area contributed by atoms with E-state index in [9.17, 15) is 4.79 Å². The Morgan fingerprint density at radius 1 is 1.18 bits per heavy atom. The molecule has 0 atom stereocenters. The second kappa shape index (κ2) is 8.92. The van der Waals surface area contributed by atoms with E-state index in [-0.39, 0.29) is 0 Å². The molecule has 0 aliphatic carbocycles. The third-order valence-corrected chi connectivity index (χ3v) is 6.46. The molecule has 33 heavy (non-hydrogen) atoms. The summed E-state index contributed by atoms with van der Waals surface area (Å²) in [5, 5.41) is 0. The smallest absolute Gasteiger partial charge is 0.298 e. The van der Waals surface area contributed by atoms with Gasteiger partial charge in [-0.25, -0.2) is 4.98 Å². The van der Waals surface area contributed by atoms with Crippen LogP contribution in [0.25, 0.3) is 23.1 Å². The van der Waals surface area contributed by atoms with Crippen LogP contribution in [-0.4, -0.2) is 58.1 Å². The molecule has 0 N–H and O–H groups in total. The molecule has 2 aliphatic rings. The van der Waals surface area contributed by atoms with Crippen LogP contribution < -0.4 is 0 Å². The summed E-state index contributed by atoms with van der Waals surface area (Å²) in [5.41, 5.74) is 7.81. The van der Waals surface area contributed by atoms with Gasteiger partial charge in [0.1, 0.15) is 5.69 Å². The fraction of sp³-hybridized carbons (Fsp3) is 0.346. The number of fused-ring (bicyclic) bond motifs is 1. The average molecular weight is 445 g/mol. The van der Waals surface area contributed by atoms with Crippen LogP contribution in [0, 0.1) is 20.8 Å². The topological polar surface area (TPSA) is 69.0 Å². The van der Waals surface area contributed by atoms with Crippen molar-refractivity contribution in [3.8, 4) is 0 Å². The van der Waals surface area contributed by atoms with Crippen molar-refractivity contribution in [3.05, 3.63) is 70.4 Å². The van der Waals surface area contributed by atoms with Crippen molar-refractivity contribution in [1.29, 1.82) is 0 Å². The van der Waals surface area contributed by atoms with Crippen molar-refractivity contribution in [2.45, 2.75) is 33.2 Å². The number of aryl methyl sites for hydroxylation is 3. The van der Waals surface area contributed by atoms with Crippen molar-refractivity contribution in [1.82, 2.24) is 19.3 Å². The zero-order valence-corrected chi connectivity index (χ0v) is 19.2. The lowest BCUT2D eigenvalue weighted by molar-refractivity contribution is -0.122. The number of carbonyl (C=O) groups is 1. The Bertz CT molecular complexity index is 1270.